The molecule has 0 aromatic heterocycles. The molecule has 1 N–H and O–H groups in total. The standard InChI is InChI=1S/C12H16ClNO3S/c1-3-7-14(4-2)18(16,17)11-6-5-10(9-15)12(13)8-11/h3,5-6,8,15H,1,4,7,9H2,2H3. The topological polar surface area (TPSA) is 57.6 Å². The van der Waals surface area contributed by atoms with Gasteiger partial charge >= 0.3 is 0 Å². The highest BCUT2D eigenvalue weighted by atomic mass is 35.5. The highest BCUT2D eigenvalue weighted by molar-refractivity contribution is 7.89. The molecule has 0 saturated heterocycles. The minimum Gasteiger partial charge on any atom is -0.392 e. The normalized spacial score (nSPS) is 11.8. The predicted octanol–water partition coefficient (Wildman–Crippen LogP) is 2.03. The molecule has 18 heavy (non-hydrogen) atoms. The van der Waals surface area contributed by atoms with Crippen molar-refractivity contribution in [2.45, 2.75) is 18.4 Å². The average molecular weight is 290 g/mol. The number of nitrogens with zero attached hydrogens (tertiary/aromatic N) is 1. The molecule has 0 spiro atoms. The van der Waals surface area contributed by atoms with Gasteiger partial charge in [0.15, 0.2) is 0 Å². The van der Waals surface area contributed by atoms with Crippen molar-refractivity contribution in [1.82, 2.24) is 4.31 Å². The van der Waals surface area contributed by atoms with E-state index < -0.39 is 10.0 Å². The summed E-state index contributed by atoms with van der Waals surface area (Å²) in [4.78, 5) is 0.119. The summed E-state index contributed by atoms with van der Waals surface area (Å²) in [5.41, 5.74) is 0.502. The van der Waals surface area contributed by atoms with Crippen LogP contribution in [0, 0.1) is 0 Å². The minimum absolute atomic E-state index is 0.119. The third kappa shape index (κ3) is 3.11. The number of hydrogen-bond donors (Lipinski definition) is 1. The van der Waals surface area contributed by atoms with Crippen LogP contribution in [0.25, 0.3) is 0 Å². The zero-order chi connectivity index (χ0) is 13.8. The first-order valence-electron chi connectivity index (χ1n) is 5.47. The number of likely N-dealkylation sites (N-methyl/N-ethyl adjacent to an activating group) is 1. The van der Waals surface area contributed by atoms with Crippen molar-refractivity contribution in [3.05, 3.63) is 41.4 Å². The van der Waals surface area contributed by atoms with Gasteiger partial charge in [-0.3, -0.25) is 0 Å². The molecule has 0 saturated carbocycles. The second-order valence-electron chi connectivity index (χ2n) is 3.66. The van der Waals surface area contributed by atoms with Crippen LogP contribution in [-0.2, 0) is 16.6 Å². The van der Waals surface area contributed by atoms with Crippen LogP contribution in [0.1, 0.15) is 12.5 Å². The Balaban J connectivity index is 3.19. The van der Waals surface area contributed by atoms with Gasteiger partial charge in [0.25, 0.3) is 0 Å². The Morgan fingerprint density at radius 2 is 2.17 bits per heavy atom. The quantitative estimate of drug-likeness (QED) is 0.815. The number of aliphatic hydroxyl groups is 1. The Bertz CT molecular complexity index is 528. The van der Waals surface area contributed by atoms with Crippen LogP contribution in [0.2, 0.25) is 5.02 Å². The van der Waals surface area contributed by atoms with Crippen LogP contribution >= 0.6 is 11.6 Å². The van der Waals surface area contributed by atoms with Gasteiger partial charge in [-0.2, -0.15) is 4.31 Å². The molecule has 0 aliphatic rings. The van der Waals surface area contributed by atoms with Crippen molar-refractivity contribution in [1.29, 1.82) is 0 Å². The van der Waals surface area contributed by atoms with E-state index >= 15 is 0 Å². The van der Waals surface area contributed by atoms with Gasteiger partial charge in [-0.05, 0) is 17.7 Å². The molecule has 1 aromatic rings. The van der Waals surface area contributed by atoms with Gasteiger partial charge in [-0.1, -0.05) is 30.7 Å². The molecule has 0 bridgehead atoms. The van der Waals surface area contributed by atoms with Crippen LogP contribution in [0.5, 0.6) is 0 Å². The molecule has 1 aromatic carbocycles. The van der Waals surface area contributed by atoms with E-state index in [1.54, 1.807) is 6.92 Å². The SMILES string of the molecule is C=CCN(CC)S(=O)(=O)c1ccc(CO)c(Cl)c1. The molecular weight excluding hydrogens is 274 g/mol. The first-order chi connectivity index (χ1) is 8.47. The molecular formula is C12H16ClNO3S. The molecule has 100 valence electrons. The highest BCUT2D eigenvalue weighted by Gasteiger charge is 2.22. The van der Waals surface area contributed by atoms with Gasteiger partial charge in [0.1, 0.15) is 0 Å². The van der Waals surface area contributed by atoms with Crippen molar-refractivity contribution in [2.24, 2.45) is 0 Å². The van der Waals surface area contributed by atoms with Crippen molar-refractivity contribution >= 4 is 21.6 Å². The average Bonchev–Trinajstić information content (AvgIpc) is 2.35. The lowest BCUT2D eigenvalue weighted by molar-refractivity contribution is 0.282. The Labute approximate surface area is 113 Å². The fourth-order valence-corrected chi connectivity index (χ4v) is 3.26. The molecule has 0 atom stereocenters. The van der Waals surface area contributed by atoms with E-state index in [0.717, 1.165) is 0 Å². The summed E-state index contributed by atoms with van der Waals surface area (Å²) in [6, 6.07) is 4.31. The second kappa shape index (κ2) is 6.33. The van der Waals surface area contributed by atoms with Gasteiger partial charge in [-0.15, -0.1) is 6.58 Å². The van der Waals surface area contributed by atoms with Crippen LogP contribution < -0.4 is 0 Å². The molecule has 0 fully saturated rings. The monoisotopic (exact) mass is 289 g/mol. The Kier molecular flexibility index (Phi) is 5.34. The third-order valence-corrected chi connectivity index (χ3v) is 4.81. The largest absolute Gasteiger partial charge is 0.392 e. The molecule has 4 nitrogen and oxygen atoms in total. The van der Waals surface area contributed by atoms with E-state index in [1.165, 1.54) is 28.6 Å². The molecule has 0 heterocycles. The highest BCUT2D eigenvalue weighted by Crippen LogP contribution is 2.23. The molecule has 6 heteroatoms. The van der Waals surface area contributed by atoms with E-state index in [4.69, 9.17) is 16.7 Å². The molecule has 0 radical (unpaired) electrons. The third-order valence-electron chi connectivity index (χ3n) is 2.52. The van der Waals surface area contributed by atoms with Crippen molar-refractivity contribution in [2.75, 3.05) is 13.1 Å². The first-order valence-corrected chi connectivity index (χ1v) is 7.29. The Morgan fingerprint density at radius 1 is 1.50 bits per heavy atom. The Morgan fingerprint density at radius 3 is 2.61 bits per heavy atom. The number of halogens is 1. The van der Waals surface area contributed by atoms with E-state index in [1.807, 2.05) is 0 Å². The number of sulfonamides is 1. The lowest BCUT2D eigenvalue weighted by Gasteiger charge is -2.19. The van der Waals surface area contributed by atoms with Crippen LogP contribution in [0.4, 0.5) is 0 Å². The molecule has 0 amide bonds. The van der Waals surface area contributed by atoms with E-state index in [2.05, 4.69) is 6.58 Å². The number of rotatable bonds is 6. The van der Waals surface area contributed by atoms with Gasteiger partial charge in [-0.25, -0.2) is 8.42 Å². The summed E-state index contributed by atoms with van der Waals surface area (Å²) in [6.07, 6.45) is 1.53. The maximum atomic E-state index is 12.3. The minimum atomic E-state index is -3.56. The molecule has 1 rings (SSSR count). The van der Waals surface area contributed by atoms with Crippen molar-refractivity contribution in [3.63, 3.8) is 0 Å². The van der Waals surface area contributed by atoms with E-state index in [0.29, 0.717) is 12.1 Å². The van der Waals surface area contributed by atoms with Crippen molar-refractivity contribution in [3.8, 4) is 0 Å². The van der Waals surface area contributed by atoms with Gasteiger partial charge in [0.2, 0.25) is 10.0 Å². The number of aliphatic hydroxyl groups excluding tert-OH is 1. The summed E-state index contributed by atoms with van der Waals surface area (Å²) in [7, 11) is -3.56. The smallest absolute Gasteiger partial charge is 0.243 e. The number of benzene rings is 1. The summed E-state index contributed by atoms with van der Waals surface area (Å²) >= 11 is 5.90. The van der Waals surface area contributed by atoms with Gasteiger partial charge < -0.3 is 5.11 Å². The van der Waals surface area contributed by atoms with Gasteiger partial charge in [0.05, 0.1) is 11.5 Å². The van der Waals surface area contributed by atoms with Crippen LogP contribution in [0.15, 0.2) is 35.7 Å². The van der Waals surface area contributed by atoms with E-state index in [-0.39, 0.29) is 23.1 Å². The van der Waals surface area contributed by atoms with Crippen molar-refractivity contribution < 1.29 is 13.5 Å². The lowest BCUT2D eigenvalue weighted by Crippen LogP contribution is -2.31. The maximum absolute atomic E-state index is 12.3. The summed E-state index contributed by atoms with van der Waals surface area (Å²) in [6.45, 7) is 5.67. The van der Waals surface area contributed by atoms with E-state index in [9.17, 15) is 8.42 Å². The maximum Gasteiger partial charge on any atom is 0.243 e. The van der Waals surface area contributed by atoms with Crippen LogP contribution in [-0.4, -0.2) is 30.9 Å². The second-order valence-corrected chi connectivity index (χ2v) is 6.00. The summed E-state index contributed by atoms with van der Waals surface area (Å²) in [5, 5.41) is 9.24. The van der Waals surface area contributed by atoms with Crippen LogP contribution in [0.3, 0.4) is 0 Å². The van der Waals surface area contributed by atoms with Gasteiger partial charge in [0, 0.05) is 18.1 Å². The zero-order valence-electron chi connectivity index (χ0n) is 10.1. The predicted molar refractivity (Wildman–Crippen MR) is 72.0 cm³/mol. The molecule has 0 aliphatic carbocycles. The lowest BCUT2D eigenvalue weighted by atomic mass is 10.2. The summed E-state index contributed by atoms with van der Waals surface area (Å²) < 4.78 is 25.8. The molecule has 0 unspecified atom stereocenters. The summed E-state index contributed by atoms with van der Waals surface area (Å²) in [5.74, 6) is 0. The molecule has 0 aliphatic heterocycles. The fourth-order valence-electron chi connectivity index (χ4n) is 1.51. The first kappa shape index (κ1) is 15.2. The Hall–Kier alpha value is -0.880. The number of hydrogen-bond acceptors (Lipinski definition) is 3. The zero-order valence-corrected chi connectivity index (χ0v) is 11.7. The fraction of sp³-hybridized carbons (Fsp3) is 0.333.